The van der Waals surface area contributed by atoms with Gasteiger partial charge < -0.3 is 4.42 Å². The van der Waals surface area contributed by atoms with Crippen molar-refractivity contribution in [2.24, 2.45) is 4.99 Å². The van der Waals surface area contributed by atoms with Crippen LogP contribution in [0.15, 0.2) is 51.6 Å². The highest BCUT2D eigenvalue weighted by Crippen LogP contribution is 2.25. The third kappa shape index (κ3) is 3.13. The summed E-state index contributed by atoms with van der Waals surface area (Å²) in [5.41, 5.74) is 1.51. The van der Waals surface area contributed by atoms with Crippen LogP contribution >= 0.6 is 24.0 Å². The van der Waals surface area contributed by atoms with E-state index in [1.807, 2.05) is 24.3 Å². The lowest BCUT2D eigenvalue weighted by molar-refractivity contribution is 0.466. The Kier molecular flexibility index (Phi) is 4.41. The monoisotopic (exact) mass is 275 g/mol. The summed E-state index contributed by atoms with van der Waals surface area (Å²) in [7, 11) is 0. The lowest BCUT2D eigenvalue weighted by atomic mass is 10.2. The Morgan fingerprint density at radius 1 is 1.50 bits per heavy atom. The quantitative estimate of drug-likeness (QED) is 0.360. The number of hydrogen-bond acceptors (Lipinski definition) is 6. The molecule has 0 spiro atoms. The van der Waals surface area contributed by atoms with E-state index in [4.69, 9.17) is 4.42 Å². The van der Waals surface area contributed by atoms with Crippen molar-refractivity contribution >= 4 is 34.8 Å². The van der Waals surface area contributed by atoms with Gasteiger partial charge in [0.05, 0.1) is 10.8 Å². The van der Waals surface area contributed by atoms with Gasteiger partial charge in [0, 0.05) is 11.3 Å². The van der Waals surface area contributed by atoms with E-state index in [0.29, 0.717) is 16.8 Å². The Hall–Kier alpha value is -1.75. The van der Waals surface area contributed by atoms with Crippen LogP contribution in [0.4, 0.5) is 5.69 Å². The third-order valence-corrected chi connectivity index (χ3v) is 2.90. The Bertz CT molecular complexity index is 603. The molecule has 18 heavy (non-hydrogen) atoms. The van der Waals surface area contributed by atoms with Crippen molar-refractivity contribution in [2.75, 3.05) is 5.75 Å². The highest BCUT2D eigenvalue weighted by atomic mass is 32.2. The average molecular weight is 275 g/mol. The van der Waals surface area contributed by atoms with Gasteiger partial charge in [0.1, 0.15) is 0 Å². The summed E-state index contributed by atoms with van der Waals surface area (Å²) >= 11 is 6.00. The first-order valence-electron chi connectivity index (χ1n) is 5.09. The summed E-state index contributed by atoms with van der Waals surface area (Å²) in [6, 6.07) is 7.36. The van der Waals surface area contributed by atoms with E-state index in [0.717, 1.165) is 11.3 Å². The van der Waals surface area contributed by atoms with E-state index in [-0.39, 0.29) is 0 Å². The molecule has 0 radical (unpaired) electrons. The molecule has 0 amide bonds. The predicted octanol–water partition coefficient (Wildman–Crippen LogP) is 3.75. The van der Waals surface area contributed by atoms with Crippen molar-refractivity contribution in [1.29, 1.82) is 0 Å². The largest absolute Gasteiger partial charge is 0.411 e. The number of aromatic nitrogens is 2. The molecule has 0 aliphatic heterocycles. The number of hydrogen-bond donors (Lipinski definition) is 0. The smallest absolute Gasteiger partial charge is 0.277 e. The number of rotatable bonds is 5. The second kappa shape index (κ2) is 6.26. The normalized spacial score (nSPS) is 9.78. The average Bonchev–Trinajstić information content (AvgIpc) is 2.86. The maximum absolute atomic E-state index is 5.51. The Labute approximate surface area is 114 Å². The molecule has 0 atom stereocenters. The SMILES string of the molecule is C=CCSc1nnc(-c2cccc(N=C=S)c2)o1. The van der Waals surface area contributed by atoms with Crippen LogP contribution in [0.2, 0.25) is 0 Å². The van der Waals surface area contributed by atoms with Gasteiger partial charge in [-0.1, -0.05) is 23.9 Å². The molecule has 0 N–H and O–H groups in total. The van der Waals surface area contributed by atoms with Gasteiger partial charge in [-0.15, -0.1) is 16.8 Å². The van der Waals surface area contributed by atoms with E-state index < -0.39 is 0 Å². The second-order valence-corrected chi connectivity index (χ2v) is 4.38. The predicted molar refractivity (Wildman–Crippen MR) is 75.3 cm³/mol. The molecule has 1 aromatic carbocycles. The summed E-state index contributed by atoms with van der Waals surface area (Å²) in [5.74, 6) is 1.19. The van der Waals surface area contributed by atoms with Crippen molar-refractivity contribution in [3.8, 4) is 11.5 Å². The van der Waals surface area contributed by atoms with Crippen molar-refractivity contribution in [3.63, 3.8) is 0 Å². The summed E-state index contributed by atoms with van der Waals surface area (Å²) in [5, 5.41) is 10.8. The zero-order valence-electron chi connectivity index (χ0n) is 9.37. The minimum atomic E-state index is 0.461. The molecule has 0 aliphatic carbocycles. The van der Waals surface area contributed by atoms with Gasteiger partial charge in [-0.05, 0) is 30.4 Å². The fourth-order valence-electron chi connectivity index (χ4n) is 1.28. The third-order valence-electron chi connectivity index (χ3n) is 2.00. The van der Waals surface area contributed by atoms with Crippen LogP contribution in [-0.2, 0) is 0 Å². The van der Waals surface area contributed by atoms with Crippen LogP contribution in [0.5, 0.6) is 0 Å². The molecular weight excluding hydrogens is 266 g/mol. The first kappa shape index (κ1) is 12.7. The molecule has 1 heterocycles. The van der Waals surface area contributed by atoms with Crippen molar-refractivity contribution in [2.45, 2.75) is 5.22 Å². The summed E-state index contributed by atoms with van der Waals surface area (Å²) < 4.78 is 5.51. The number of nitrogens with zero attached hydrogens (tertiary/aromatic N) is 3. The Morgan fingerprint density at radius 3 is 3.17 bits per heavy atom. The van der Waals surface area contributed by atoms with Crippen LogP contribution in [0.3, 0.4) is 0 Å². The highest BCUT2D eigenvalue weighted by Gasteiger charge is 2.08. The number of benzene rings is 1. The van der Waals surface area contributed by atoms with E-state index >= 15 is 0 Å². The number of thiocarbonyl (C=S) groups is 1. The van der Waals surface area contributed by atoms with E-state index in [9.17, 15) is 0 Å². The van der Waals surface area contributed by atoms with Crippen molar-refractivity contribution in [1.82, 2.24) is 10.2 Å². The summed E-state index contributed by atoms with van der Waals surface area (Å²) in [6.07, 6.45) is 1.78. The molecule has 0 unspecified atom stereocenters. The van der Waals surface area contributed by atoms with Crippen molar-refractivity contribution < 1.29 is 4.42 Å². The molecular formula is C12H9N3OS2. The van der Waals surface area contributed by atoms with Crippen LogP contribution < -0.4 is 0 Å². The molecule has 0 saturated heterocycles. The first-order valence-corrected chi connectivity index (χ1v) is 6.48. The maximum Gasteiger partial charge on any atom is 0.277 e. The van der Waals surface area contributed by atoms with Gasteiger partial charge in [-0.25, -0.2) is 0 Å². The standard InChI is InChI=1S/C12H9N3OS2/c1-2-6-18-12-15-14-11(16-12)9-4-3-5-10(7-9)13-8-17/h2-5,7H,1,6H2. The zero-order chi connectivity index (χ0) is 12.8. The molecule has 90 valence electrons. The van der Waals surface area contributed by atoms with Gasteiger partial charge in [0.2, 0.25) is 5.89 Å². The van der Waals surface area contributed by atoms with E-state index in [1.54, 1.807) is 6.08 Å². The van der Waals surface area contributed by atoms with Gasteiger partial charge >= 0.3 is 0 Å². The first-order chi connectivity index (χ1) is 8.83. The fraction of sp³-hybridized carbons (Fsp3) is 0.0833. The molecule has 2 aromatic rings. The molecule has 0 fully saturated rings. The maximum atomic E-state index is 5.51. The Morgan fingerprint density at radius 2 is 2.39 bits per heavy atom. The molecule has 2 rings (SSSR count). The lowest BCUT2D eigenvalue weighted by Gasteiger charge is -1.95. The number of isothiocyanates is 1. The van der Waals surface area contributed by atoms with Crippen LogP contribution in [0.25, 0.3) is 11.5 Å². The van der Waals surface area contributed by atoms with Crippen LogP contribution in [0.1, 0.15) is 0 Å². The fourth-order valence-corrected chi connectivity index (χ4v) is 1.88. The molecule has 4 nitrogen and oxygen atoms in total. The van der Waals surface area contributed by atoms with Gasteiger partial charge in [-0.2, -0.15) is 4.99 Å². The summed E-state index contributed by atoms with van der Waals surface area (Å²) in [6.45, 7) is 3.63. The topological polar surface area (TPSA) is 51.3 Å². The summed E-state index contributed by atoms with van der Waals surface area (Å²) in [4.78, 5) is 3.91. The number of aliphatic imine (C=N–C) groups is 1. The molecule has 1 aromatic heterocycles. The minimum absolute atomic E-state index is 0.461. The van der Waals surface area contributed by atoms with Gasteiger partial charge in [-0.3, -0.25) is 0 Å². The number of thioether (sulfide) groups is 1. The van der Waals surface area contributed by atoms with Gasteiger partial charge in [0.15, 0.2) is 0 Å². The molecule has 0 bridgehead atoms. The van der Waals surface area contributed by atoms with Gasteiger partial charge in [0.25, 0.3) is 5.22 Å². The molecule has 6 heteroatoms. The Balaban J connectivity index is 2.25. The van der Waals surface area contributed by atoms with Crippen LogP contribution in [-0.4, -0.2) is 21.1 Å². The molecule has 0 aliphatic rings. The van der Waals surface area contributed by atoms with Crippen LogP contribution in [0, 0.1) is 0 Å². The lowest BCUT2D eigenvalue weighted by Crippen LogP contribution is -1.76. The van der Waals surface area contributed by atoms with E-state index in [2.05, 4.69) is 39.1 Å². The second-order valence-electron chi connectivity index (χ2n) is 3.23. The van der Waals surface area contributed by atoms with Crippen molar-refractivity contribution in [3.05, 3.63) is 36.9 Å². The minimum Gasteiger partial charge on any atom is -0.411 e. The molecule has 0 saturated carbocycles. The zero-order valence-corrected chi connectivity index (χ0v) is 11.0. The highest BCUT2D eigenvalue weighted by molar-refractivity contribution is 7.99. The van der Waals surface area contributed by atoms with E-state index in [1.165, 1.54) is 11.8 Å².